The van der Waals surface area contributed by atoms with Gasteiger partial charge >= 0.3 is 0 Å². The summed E-state index contributed by atoms with van der Waals surface area (Å²) in [5, 5.41) is 16.7. The highest BCUT2D eigenvalue weighted by atomic mass is 15.3. The molecule has 2 aromatic rings. The third-order valence-corrected chi connectivity index (χ3v) is 3.01. The van der Waals surface area contributed by atoms with Crippen LogP contribution in [0.15, 0.2) is 48.8 Å². The molecule has 1 heterocycles. The van der Waals surface area contributed by atoms with Crippen LogP contribution in [0.5, 0.6) is 0 Å². The van der Waals surface area contributed by atoms with Crippen LogP contribution in [0.4, 0.5) is 0 Å². The normalized spacial score (nSPS) is 11.9. The van der Waals surface area contributed by atoms with E-state index in [1.807, 2.05) is 47.3 Å². The van der Waals surface area contributed by atoms with Gasteiger partial charge in [0.05, 0.1) is 12.0 Å². The van der Waals surface area contributed by atoms with E-state index in [1.54, 1.807) is 6.20 Å². The summed E-state index contributed by atoms with van der Waals surface area (Å²) in [5.41, 5.74) is 1.07. The maximum absolute atomic E-state index is 9.18. The van der Waals surface area contributed by atoms with Crippen molar-refractivity contribution in [1.82, 2.24) is 15.1 Å². The van der Waals surface area contributed by atoms with Gasteiger partial charge in [0.2, 0.25) is 0 Å². The van der Waals surface area contributed by atoms with Crippen molar-refractivity contribution >= 4 is 0 Å². The largest absolute Gasteiger partial charge is 0.315 e. The van der Waals surface area contributed by atoms with Gasteiger partial charge in [-0.1, -0.05) is 30.3 Å². The molecule has 0 aliphatic carbocycles. The van der Waals surface area contributed by atoms with Crippen LogP contribution in [0.1, 0.15) is 17.9 Å². The topological polar surface area (TPSA) is 53.6 Å². The lowest BCUT2D eigenvalue weighted by Gasteiger charge is -2.10. The second kappa shape index (κ2) is 7.34. The fourth-order valence-corrected chi connectivity index (χ4v) is 1.97. The van der Waals surface area contributed by atoms with E-state index in [1.165, 1.54) is 0 Å². The van der Waals surface area contributed by atoms with Crippen molar-refractivity contribution in [2.24, 2.45) is 0 Å². The molecule has 1 atom stereocenters. The third kappa shape index (κ3) is 4.23. The third-order valence-electron chi connectivity index (χ3n) is 3.01. The van der Waals surface area contributed by atoms with E-state index >= 15 is 0 Å². The van der Waals surface area contributed by atoms with Gasteiger partial charge in [0.15, 0.2) is 0 Å². The van der Waals surface area contributed by atoms with Crippen LogP contribution < -0.4 is 5.32 Å². The van der Waals surface area contributed by atoms with Gasteiger partial charge < -0.3 is 5.32 Å². The first kappa shape index (κ1) is 13.3. The van der Waals surface area contributed by atoms with Gasteiger partial charge in [-0.15, -0.1) is 0 Å². The summed E-state index contributed by atoms with van der Waals surface area (Å²) in [4.78, 5) is 0. The molecule has 2 rings (SSSR count). The minimum Gasteiger partial charge on any atom is -0.315 e. The zero-order valence-corrected chi connectivity index (χ0v) is 10.9. The highest BCUT2D eigenvalue weighted by Gasteiger charge is 2.08. The Labute approximate surface area is 113 Å². The summed E-state index contributed by atoms with van der Waals surface area (Å²) in [6, 6.07) is 14.2. The summed E-state index contributed by atoms with van der Waals surface area (Å²) in [6.45, 7) is 2.49. The Morgan fingerprint density at radius 2 is 2.11 bits per heavy atom. The molecule has 0 saturated carbocycles. The lowest BCUT2D eigenvalue weighted by Crippen LogP contribution is -2.23. The molecular weight excluding hydrogens is 236 g/mol. The van der Waals surface area contributed by atoms with Crippen molar-refractivity contribution < 1.29 is 0 Å². The summed E-state index contributed by atoms with van der Waals surface area (Å²) in [5.74, 6) is -0.0779. The average Bonchev–Trinajstić information content (AvgIpc) is 2.97. The molecule has 4 nitrogen and oxygen atoms in total. The second-order valence-electron chi connectivity index (χ2n) is 4.42. The summed E-state index contributed by atoms with van der Waals surface area (Å²) in [6.07, 6.45) is 4.76. The van der Waals surface area contributed by atoms with Crippen molar-refractivity contribution in [2.75, 3.05) is 13.1 Å². The van der Waals surface area contributed by atoms with E-state index in [0.717, 1.165) is 25.1 Å². The minimum atomic E-state index is -0.0779. The van der Waals surface area contributed by atoms with Crippen LogP contribution in [-0.4, -0.2) is 22.9 Å². The van der Waals surface area contributed by atoms with Gasteiger partial charge in [-0.05, 0) is 24.6 Å². The zero-order valence-electron chi connectivity index (χ0n) is 10.9. The van der Waals surface area contributed by atoms with Gasteiger partial charge in [-0.2, -0.15) is 10.4 Å². The van der Waals surface area contributed by atoms with Crippen LogP contribution in [0.3, 0.4) is 0 Å². The molecule has 0 spiro atoms. The molecule has 0 bridgehead atoms. The van der Waals surface area contributed by atoms with Crippen LogP contribution in [0.2, 0.25) is 0 Å². The second-order valence-corrected chi connectivity index (χ2v) is 4.42. The Balaban J connectivity index is 1.68. The van der Waals surface area contributed by atoms with E-state index in [2.05, 4.69) is 16.5 Å². The Bertz CT molecular complexity index is 499. The molecule has 1 aromatic heterocycles. The minimum absolute atomic E-state index is 0.0779. The van der Waals surface area contributed by atoms with Crippen LogP contribution in [0, 0.1) is 11.3 Å². The van der Waals surface area contributed by atoms with E-state index < -0.39 is 0 Å². The molecular formula is C15H18N4. The Kier molecular flexibility index (Phi) is 5.15. The number of aryl methyl sites for hydroxylation is 1. The highest BCUT2D eigenvalue weighted by molar-refractivity contribution is 5.24. The Morgan fingerprint density at radius 1 is 1.26 bits per heavy atom. The Hall–Kier alpha value is -2.12. The zero-order chi connectivity index (χ0) is 13.3. The summed E-state index contributed by atoms with van der Waals surface area (Å²) >= 11 is 0. The number of nitrogens with zero attached hydrogens (tertiary/aromatic N) is 3. The van der Waals surface area contributed by atoms with Gasteiger partial charge in [0.25, 0.3) is 0 Å². The monoisotopic (exact) mass is 254 g/mol. The Morgan fingerprint density at radius 3 is 2.79 bits per heavy atom. The number of hydrogen-bond acceptors (Lipinski definition) is 3. The quantitative estimate of drug-likeness (QED) is 0.770. The first-order chi connectivity index (χ1) is 9.40. The van der Waals surface area contributed by atoms with Crippen molar-refractivity contribution in [2.45, 2.75) is 18.9 Å². The molecule has 0 amide bonds. The lowest BCUT2D eigenvalue weighted by atomic mass is 10.0. The van der Waals surface area contributed by atoms with Crippen molar-refractivity contribution in [1.29, 1.82) is 5.26 Å². The van der Waals surface area contributed by atoms with Crippen molar-refractivity contribution in [3.63, 3.8) is 0 Å². The van der Waals surface area contributed by atoms with Gasteiger partial charge in [-0.25, -0.2) is 0 Å². The van der Waals surface area contributed by atoms with Crippen LogP contribution in [0.25, 0.3) is 0 Å². The number of rotatable bonds is 7. The first-order valence-electron chi connectivity index (χ1n) is 6.53. The number of benzene rings is 1. The van der Waals surface area contributed by atoms with Gasteiger partial charge in [-0.3, -0.25) is 4.68 Å². The van der Waals surface area contributed by atoms with E-state index in [4.69, 9.17) is 0 Å². The smallest absolute Gasteiger partial charge is 0.0837 e. The molecule has 0 radical (unpaired) electrons. The number of nitriles is 1. The lowest BCUT2D eigenvalue weighted by molar-refractivity contribution is 0.538. The molecule has 98 valence electrons. The number of aromatic nitrogens is 2. The fourth-order valence-electron chi connectivity index (χ4n) is 1.97. The van der Waals surface area contributed by atoms with Gasteiger partial charge in [0.1, 0.15) is 0 Å². The van der Waals surface area contributed by atoms with E-state index in [0.29, 0.717) is 6.54 Å². The fraction of sp³-hybridized carbons (Fsp3) is 0.333. The molecule has 0 saturated heterocycles. The standard InChI is InChI=1S/C15H18N4/c16-12-15(14-6-2-1-3-7-14)13-17-8-4-10-19-11-5-9-18-19/h1-3,5-7,9,11,15,17H,4,8,10,13H2. The molecule has 0 aliphatic heterocycles. The van der Waals surface area contributed by atoms with Gasteiger partial charge in [0, 0.05) is 25.5 Å². The van der Waals surface area contributed by atoms with E-state index in [9.17, 15) is 5.26 Å². The predicted octanol–water partition coefficient (Wildman–Crippen LogP) is 2.17. The van der Waals surface area contributed by atoms with Crippen molar-refractivity contribution in [3.05, 3.63) is 54.4 Å². The molecule has 0 fully saturated rings. The van der Waals surface area contributed by atoms with E-state index in [-0.39, 0.29) is 5.92 Å². The predicted molar refractivity (Wildman–Crippen MR) is 74.5 cm³/mol. The van der Waals surface area contributed by atoms with Crippen LogP contribution >= 0.6 is 0 Å². The van der Waals surface area contributed by atoms with Crippen LogP contribution in [-0.2, 0) is 6.54 Å². The summed E-state index contributed by atoms with van der Waals surface area (Å²) < 4.78 is 1.92. The number of nitrogens with one attached hydrogen (secondary N) is 1. The average molecular weight is 254 g/mol. The highest BCUT2D eigenvalue weighted by Crippen LogP contribution is 2.12. The molecule has 19 heavy (non-hydrogen) atoms. The molecule has 0 aliphatic rings. The first-order valence-corrected chi connectivity index (χ1v) is 6.53. The number of hydrogen-bond donors (Lipinski definition) is 1. The molecule has 4 heteroatoms. The maximum atomic E-state index is 9.18. The summed E-state index contributed by atoms with van der Waals surface area (Å²) in [7, 11) is 0. The SMILES string of the molecule is N#CC(CNCCCn1cccn1)c1ccccc1. The maximum Gasteiger partial charge on any atom is 0.0837 e. The molecule has 1 aromatic carbocycles. The molecule has 1 N–H and O–H groups in total. The molecule has 1 unspecified atom stereocenters. The van der Waals surface area contributed by atoms with Crippen molar-refractivity contribution in [3.8, 4) is 6.07 Å².